The van der Waals surface area contributed by atoms with Gasteiger partial charge in [0.2, 0.25) is 0 Å². The van der Waals surface area contributed by atoms with Crippen molar-refractivity contribution in [3.05, 3.63) is 47.2 Å². The first-order valence-electron chi connectivity index (χ1n) is 9.84. The molecule has 2 bridgehead atoms. The summed E-state index contributed by atoms with van der Waals surface area (Å²) in [5.41, 5.74) is 0.757. The monoisotopic (exact) mass is 429 g/mol. The lowest BCUT2D eigenvalue weighted by atomic mass is 9.86. The molecule has 8 nitrogen and oxygen atoms in total. The van der Waals surface area contributed by atoms with Crippen LogP contribution < -0.4 is 0 Å². The summed E-state index contributed by atoms with van der Waals surface area (Å²) in [6.07, 6.45) is 5.62. The average molecular weight is 429 g/mol. The van der Waals surface area contributed by atoms with Crippen LogP contribution in [0.2, 0.25) is 0 Å². The molecule has 154 valence electrons. The molecule has 2 aliphatic heterocycles. The van der Waals surface area contributed by atoms with Crippen LogP contribution in [0.3, 0.4) is 0 Å². The first-order valence-corrected chi connectivity index (χ1v) is 10.7. The molecule has 2 saturated heterocycles. The minimum atomic E-state index is -2.69. The Bertz CT molecular complexity index is 1240. The molecule has 1 amide bonds. The second-order valence-corrected chi connectivity index (χ2v) is 8.67. The fourth-order valence-electron chi connectivity index (χ4n) is 5.01. The van der Waals surface area contributed by atoms with Crippen molar-refractivity contribution in [2.24, 2.45) is 0 Å². The van der Waals surface area contributed by atoms with E-state index in [2.05, 4.69) is 20.1 Å². The van der Waals surface area contributed by atoms with E-state index in [1.807, 2.05) is 20.9 Å². The molecule has 0 N–H and O–H groups in total. The lowest BCUT2D eigenvalue weighted by Crippen LogP contribution is -2.47. The van der Waals surface area contributed by atoms with E-state index in [9.17, 15) is 13.6 Å². The highest BCUT2D eigenvalue weighted by Gasteiger charge is 2.47. The number of amides is 1. The van der Waals surface area contributed by atoms with Gasteiger partial charge >= 0.3 is 0 Å². The van der Waals surface area contributed by atoms with Gasteiger partial charge in [-0.2, -0.15) is 10.1 Å². The number of alkyl halides is 2. The van der Waals surface area contributed by atoms with Crippen LogP contribution in [0.15, 0.2) is 30.2 Å². The van der Waals surface area contributed by atoms with Gasteiger partial charge in [-0.15, -0.1) is 11.3 Å². The lowest BCUT2D eigenvalue weighted by molar-refractivity contribution is 0.0548. The summed E-state index contributed by atoms with van der Waals surface area (Å²) in [7, 11) is 0. The number of carbonyl (C=O) groups excluding carboxylic acids is 1. The number of aromatic nitrogens is 6. The molecule has 2 aliphatic rings. The molecule has 0 aromatic carbocycles. The van der Waals surface area contributed by atoms with E-state index in [4.69, 9.17) is 0 Å². The molecule has 6 heterocycles. The minimum Gasteiger partial charge on any atom is -0.331 e. The van der Waals surface area contributed by atoms with E-state index in [-0.39, 0.29) is 35.4 Å². The zero-order valence-corrected chi connectivity index (χ0v) is 16.5. The Morgan fingerprint density at radius 3 is 2.90 bits per heavy atom. The summed E-state index contributed by atoms with van der Waals surface area (Å²) < 4.78 is 30.3. The zero-order valence-electron chi connectivity index (χ0n) is 15.7. The van der Waals surface area contributed by atoms with Crippen LogP contribution in [0.25, 0.3) is 10.7 Å². The number of halogens is 2. The SMILES string of the molecule is O=C(c1cn2ccsc2n1)N1[C@H]2CC[C@H](c3cc(C(F)F)nc4ncnn34)[C@@H]1CC2. The number of piperidine rings is 1. The Morgan fingerprint density at radius 2 is 2.07 bits per heavy atom. The third-order valence-electron chi connectivity index (χ3n) is 6.27. The minimum absolute atomic E-state index is 0.0868. The standard InChI is InChI=1S/C19H17F2N7OS/c20-16(21)12-7-15(28-18(24-12)22-9-23-28)11-3-1-10-2-4-14(11)27(10)17(29)13-8-26-5-6-30-19(26)25-13/h5-11,14,16H,1-4H2/t10-,11-,14-/m0/s1. The van der Waals surface area contributed by atoms with Crippen LogP contribution >= 0.6 is 11.3 Å². The second-order valence-electron chi connectivity index (χ2n) is 7.79. The average Bonchev–Trinajstić information content (AvgIpc) is 3.49. The number of hydrogen-bond donors (Lipinski definition) is 0. The van der Waals surface area contributed by atoms with Crippen molar-refractivity contribution in [3.63, 3.8) is 0 Å². The van der Waals surface area contributed by atoms with E-state index in [1.54, 1.807) is 6.20 Å². The van der Waals surface area contributed by atoms with Crippen molar-refractivity contribution >= 4 is 28.0 Å². The van der Waals surface area contributed by atoms with E-state index < -0.39 is 6.43 Å². The summed E-state index contributed by atoms with van der Waals surface area (Å²) in [5, 5.41) is 6.13. The molecular weight excluding hydrogens is 412 g/mol. The Hall–Kier alpha value is -2.95. The van der Waals surface area contributed by atoms with Crippen LogP contribution in [0.5, 0.6) is 0 Å². The van der Waals surface area contributed by atoms with Crippen molar-refractivity contribution < 1.29 is 13.6 Å². The molecule has 0 radical (unpaired) electrons. The number of fused-ring (bicyclic) bond motifs is 4. The molecule has 0 aliphatic carbocycles. The molecular formula is C19H17F2N7OS. The molecule has 3 atom stereocenters. The van der Waals surface area contributed by atoms with Crippen molar-refractivity contribution in [2.75, 3.05) is 0 Å². The van der Waals surface area contributed by atoms with Gasteiger partial charge in [0.25, 0.3) is 18.1 Å². The highest BCUT2D eigenvalue weighted by atomic mass is 32.1. The van der Waals surface area contributed by atoms with Gasteiger partial charge in [0.1, 0.15) is 17.7 Å². The maximum absolute atomic E-state index is 13.4. The van der Waals surface area contributed by atoms with Gasteiger partial charge in [0.15, 0.2) is 4.96 Å². The number of carbonyl (C=O) groups is 1. The largest absolute Gasteiger partial charge is 0.331 e. The van der Waals surface area contributed by atoms with E-state index in [0.717, 1.165) is 30.6 Å². The molecule has 0 unspecified atom stereocenters. The predicted molar refractivity (Wildman–Crippen MR) is 104 cm³/mol. The number of nitrogens with zero attached hydrogens (tertiary/aromatic N) is 7. The van der Waals surface area contributed by atoms with Gasteiger partial charge in [0.05, 0.1) is 5.69 Å². The first kappa shape index (κ1) is 17.9. The first-order chi connectivity index (χ1) is 14.6. The Morgan fingerprint density at radius 1 is 1.20 bits per heavy atom. The van der Waals surface area contributed by atoms with Crippen molar-refractivity contribution in [3.8, 4) is 0 Å². The fraction of sp³-hybridized carbons (Fsp3) is 0.421. The number of imidazole rings is 1. The maximum Gasteiger partial charge on any atom is 0.280 e. The van der Waals surface area contributed by atoms with Gasteiger partial charge in [-0.05, 0) is 31.7 Å². The fourth-order valence-corrected chi connectivity index (χ4v) is 5.71. The van der Waals surface area contributed by atoms with Gasteiger partial charge in [-0.3, -0.25) is 9.20 Å². The van der Waals surface area contributed by atoms with Crippen LogP contribution in [0.1, 0.15) is 59.9 Å². The summed E-state index contributed by atoms with van der Waals surface area (Å²) in [4.78, 5) is 28.5. The highest BCUT2D eigenvalue weighted by molar-refractivity contribution is 7.15. The quantitative estimate of drug-likeness (QED) is 0.499. The van der Waals surface area contributed by atoms with Gasteiger partial charge < -0.3 is 4.90 Å². The summed E-state index contributed by atoms with van der Waals surface area (Å²) in [6.45, 7) is 0. The molecule has 0 saturated carbocycles. The molecule has 6 rings (SSSR count). The number of thiazole rings is 1. The van der Waals surface area contributed by atoms with Gasteiger partial charge in [0, 0.05) is 35.8 Å². The summed E-state index contributed by atoms with van der Waals surface area (Å²) in [5.74, 6) is -0.0441. The van der Waals surface area contributed by atoms with E-state index >= 15 is 0 Å². The number of rotatable bonds is 3. The van der Waals surface area contributed by atoms with Crippen LogP contribution in [-0.2, 0) is 0 Å². The van der Waals surface area contributed by atoms with Gasteiger partial charge in [-0.25, -0.2) is 23.3 Å². The third kappa shape index (κ3) is 2.57. The van der Waals surface area contributed by atoms with Crippen molar-refractivity contribution in [1.29, 1.82) is 0 Å². The molecule has 30 heavy (non-hydrogen) atoms. The number of hydrogen-bond acceptors (Lipinski definition) is 6. The normalized spacial score (nSPS) is 23.8. The molecule has 0 spiro atoms. The predicted octanol–water partition coefficient (Wildman–Crippen LogP) is 3.32. The lowest BCUT2D eigenvalue weighted by Gasteiger charge is -2.40. The second kappa shape index (κ2) is 6.53. The third-order valence-corrected chi connectivity index (χ3v) is 7.04. The Balaban J connectivity index is 1.40. The maximum atomic E-state index is 13.4. The Kier molecular flexibility index (Phi) is 3.89. The molecule has 11 heteroatoms. The molecule has 4 aromatic rings. The molecule has 4 aromatic heterocycles. The highest BCUT2D eigenvalue weighted by Crippen LogP contribution is 2.45. The van der Waals surface area contributed by atoms with Crippen molar-refractivity contribution in [1.82, 2.24) is 33.9 Å². The molecule has 2 fully saturated rings. The summed E-state index contributed by atoms with van der Waals surface area (Å²) in [6, 6.07) is 1.49. The van der Waals surface area contributed by atoms with Gasteiger partial charge in [-0.1, -0.05) is 0 Å². The zero-order chi connectivity index (χ0) is 20.4. The Labute approximate surface area is 173 Å². The van der Waals surface area contributed by atoms with Crippen LogP contribution in [0, 0.1) is 0 Å². The van der Waals surface area contributed by atoms with E-state index in [1.165, 1.54) is 28.2 Å². The van der Waals surface area contributed by atoms with E-state index in [0.29, 0.717) is 11.4 Å². The smallest absolute Gasteiger partial charge is 0.280 e. The van der Waals surface area contributed by atoms with Crippen LogP contribution in [0.4, 0.5) is 8.78 Å². The summed E-state index contributed by atoms with van der Waals surface area (Å²) >= 11 is 1.48. The van der Waals surface area contributed by atoms with Crippen LogP contribution in [-0.4, -0.2) is 51.9 Å². The topological polar surface area (TPSA) is 80.7 Å². The van der Waals surface area contributed by atoms with Crippen molar-refractivity contribution in [2.45, 2.75) is 50.1 Å².